The molecule has 0 atom stereocenters. The molecule has 2 aliphatic rings. The van der Waals surface area contributed by atoms with E-state index in [2.05, 4.69) is 106 Å². The van der Waals surface area contributed by atoms with Crippen molar-refractivity contribution in [2.45, 2.75) is 156 Å². The summed E-state index contributed by atoms with van der Waals surface area (Å²) in [4.78, 5) is 8.23. The van der Waals surface area contributed by atoms with Crippen LogP contribution in [0, 0.1) is 0 Å². The third-order valence-corrected chi connectivity index (χ3v) is 16.3. The molecular weight excluding hydrogens is 694 g/mol. The van der Waals surface area contributed by atoms with Gasteiger partial charge in [-0.1, -0.05) is 64.5 Å². The van der Waals surface area contributed by atoms with Crippen molar-refractivity contribution in [3.05, 3.63) is 47.5 Å². The van der Waals surface area contributed by atoms with Gasteiger partial charge in [0, 0.05) is 38.8 Å². The first-order valence-corrected chi connectivity index (χ1v) is 22.1. The van der Waals surface area contributed by atoms with Crippen molar-refractivity contribution in [2.24, 2.45) is 0 Å². The maximum Gasteiger partial charge on any atom is 0.505 e. The van der Waals surface area contributed by atoms with E-state index in [0.29, 0.717) is 0 Å². The van der Waals surface area contributed by atoms with E-state index in [1.165, 1.54) is 91.8 Å². The van der Waals surface area contributed by atoms with Gasteiger partial charge in [0.1, 0.15) is 0 Å². The predicted octanol–water partition coefficient (Wildman–Crippen LogP) is 11.8. The van der Waals surface area contributed by atoms with Crippen LogP contribution in [0.2, 0.25) is 0 Å². The van der Waals surface area contributed by atoms with E-state index in [4.69, 9.17) is 18.6 Å². The first kappa shape index (κ1) is 38.5. The molecule has 6 heterocycles. The van der Waals surface area contributed by atoms with Crippen LogP contribution in [0.5, 0.6) is 0 Å². The Bertz CT molecular complexity index is 1580. The second-order valence-corrected chi connectivity index (χ2v) is 20.5. The molecule has 0 aliphatic carbocycles. The Balaban J connectivity index is 1.33. The Morgan fingerprint density at radius 3 is 1.16 bits per heavy atom. The van der Waals surface area contributed by atoms with Gasteiger partial charge in [-0.05, 0) is 116 Å². The summed E-state index contributed by atoms with van der Waals surface area (Å²) in [5, 5.41) is 0. The van der Waals surface area contributed by atoms with Crippen molar-refractivity contribution in [3.63, 3.8) is 0 Å². The number of hydrogen-bond acceptors (Lipinski definition) is 8. The zero-order valence-corrected chi connectivity index (χ0v) is 35.2. The Hall–Kier alpha value is -1.23. The van der Waals surface area contributed by atoms with Crippen molar-refractivity contribution < 1.29 is 18.6 Å². The smallest absolute Gasteiger partial charge is 0.399 e. The Morgan fingerprint density at radius 1 is 0.460 bits per heavy atom. The van der Waals surface area contributed by atoms with Gasteiger partial charge in [-0.15, -0.1) is 45.3 Å². The van der Waals surface area contributed by atoms with E-state index in [-0.39, 0.29) is 36.6 Å². The fraction of sp³-hybridized carbons (Fsp3) is 0.600. The van der Waals surface area contributed by atoms with Gasteiger partial charge in [0.25, 0.3) is 0 Å². The molecule has 4 aromatic rings. The highest BCUT2D eigenvalue weighted by Crippen LogP contribution is 2.48. The molecule has 4 aromatic heterocycles. The standard InChI is InChI=1S/C40H56B2O4S4/c1-11-13-15-17-19-27-25-31(29-21-23-33(47-29)41-43-37(3,4)38(5,6)44-41)49-35(27)36-28(20-18-16-14-12-2)26-32(50-36)30-22-24-34(48-30)42-45-39(7,8)40(9,10)46-42/h21-26H,11-20H2,1-10H3. The molecular formula is C40H56B2O4S4. The van der Waals surface area contributed by atoms with Crippen LogP contribution in [0.3, 0.4) is 0 Å². The molecule has 6 rings (SSSR count). The molecule has 2 fully saturated rings. The minimum atomic E-state index is -0.346. The number of rotatable bonds is 15. The van der Waals surface area contributed by atoms with Crippen LogP contribution in [-0.2, 0) is 31.5 Å². The summed E-state index contributed by atoms with van der Waals surface area (Å²) in [5.74, 6) is 0. The van der Waals surface area contributed by atoms with Gasteiger partial charge in [0.05, 0.1) is 22.4 Å². The summed E-state index contributed by atoms with van der Waals surface area (Å²) in [6.45, 7) is 21.6. The molecule has 0 N–H and O–H groups in total. The van der Waals surface area contributed by atoms with E-state index in [1.807, 2.05) is 45.3 Å². The normalized spacial score (nSPS) is 19.2. The minimum absolute atomic E-state index is 0.325. The molecule has 0 aromatic carbocycles. The molecule has 4 nitrogen and oxygen atoms in total. The van der Waals surface area contributed by atoms with Gasteiger partial charge in [-0.3, -0.25) is 0 Å². The van der Waals surface area contributed by atoms with Crippen LogP contribution >= 0.6 is 45.3 Å². The fourth-order valence-electron chi connectivity index (χ4n) is 6.48. The van der Waals surface area contributed by atoms with E-state index in [1.54, 1.807) is 0 Å². The van der Waals surface area contributed by atoms with Crippen LogP contribution in [-0.4, -0.2) is 36.6 Å². The van der Waals surface area contributed by atoms with E-state index in [0.717, 1.165) is 22.4 Å². The number of hydrogen-bond donors (Lipinski definition) is 0. The maximum absolute atomic E-state index is 6.42. The van der Waals surface area contributed by atoms with Gasteiger partial charge >= 0.3 is 14.2 Å². The maximum atomic E-state index is 6.42. The zero-order chi connectivity index (χ0) is 35.9. The van der Waals surface area contributed by atoms with E-state index < -0.39 is 0 Å². The third kappa shape index (κ3) is 7.99. The van der Waals surface area contributed by atoms with Gasteiger partial charge in [-0.2, -0.15) is 0 Å². The Kier molecular flexibility index (Phi) is 11.7. The highest BCUT2D eigenvalue weighted by Gasteiger charge is 2.53. The third-order valence-electron chi connectivity index (χ3n) is 11.1. The summed E-state index contributed by atoms with van der Waals surface area (Å²) >= 11 is 7.59. The van der Waals surface area contributed by atoms with E-state index in [9.17, 15) is 0 Å². The first-order valence-electron chi connectivity index (χ1n) is 18.8. The van der Waals surface area contributed by atoms with Crippen molar-refractivity contribution in [1.29, 1.82) is 0 Å². The minimum Gasteiger partial charge on any atom is -0.399 e. The second-order valence-electron chi connectivity index (χ2n) is 16.1. The highest BCUT2D eigenvalue weighted by molar-refractivity contribution is 7.31. The summed E-state index contributed by atoms with van der Waals surface area (Å²) in [7, 11) is -0.650. The van der Waals surface area contributed by atoms with Crippen LogP contribution in [0.25, 0.3) is 29.3 Å². The lowest BCUT2D eigenvalue weighted by molar-refractivity contribution is 0.00578. The van der Waals surface area contributed by atoms with Crippen LogP contribution in [0.15, 0.2) is 36.4 Å². The van der Waals surface area contributed by atoms with Crippen LogP contribution < -0.4 is 9.55 Å². The second kappa shape index (κ2) is 15.3. The average Bonchev–Trinajstić information content (AvgIpc) is 3.88. The Labute approximate surface area is 318 Å². The van der Waals surface area contributed by atoms with Crippen molar-refractivity contribution in [3.8, 4) is 29.3 Å². The summed E-state index contributed by atoms with van der Waals surface area (Å²) in [6, 6.07) is 13.9. The molecule has 270 valence electrons. The van der Waals surface area contributed by atoms with Crippen molar-refractivity contribution >= 4 is 69.1 Å². The highest BCUT2D eigenvalue weighted by atomic mass is 32.1. The van der Waals surface area contributed by atoms with Gasteiger partial charge in [-0.25, -0.2) is 0 Å². The molecule has 50 heavy (non-hydrogen) atoms. The molecule has 2 saturated heterocycles. The van der Waals surface area contributed by atoms with Gasteiger partial charge in [0.15, 0.2) is 0 Å². The lowest BCUT2D eigenvalue weighted by Crippen LogP contribution is -2.41. The number of aryl methyl sites for hydroxylation is 2. The molecule has 0 spiro atoms. The summed E-state index contributed by atoms with van der Waals surface area (Å²) in [5.41, 5.74) is 1.62. The van der Waals surface area contributed by atoms with Crippen LogP contribution in [0.4, 0.5) is 0 Å². The molecule has 2 aliphatic heterocycles. The lowest BCUT2D eigenvalue weighted by Gasteiger charge is -2.32. The molecule has 0 saturated carbocycles. The average molecular weight is 751 g/mol. The Morgan fingerprint density at radius 2 is 0.820 bits per heavy atom. The first-order chi connectivity index (χ1) is 23.6. The summed E-state index contributed by atoms with van der Waals surface area (Å²) in [6.07, 6.45) is 12.4. The van der Waals surface area contributed by atoms with Gasteiger partial charge in [0.2, 0.25) is 0 Å². The van der Waals surface area contributed by atoms with Crippen LogP contribution in [0.1, 0.15) is 132 Å². The fourth-order valence-corrected chi connectivity index (χ4v) is 11.2. The topological polar surface area (TPSA) is 36.9 Å². The largest absolute Gasteiger partial charge is 0.505 e. The molecule has 0 radical (unpaired) electrons. The molecule has 0 unspecified atom stereocenters. The van der Waals surface area contributed by atoms with Gasteiger partial charge < -0.3 is 18.6 Å². The number of thiophene rings is 4. The number of unbranched alkanes of at least 4 members (excludes halogenated alkanes) is 6. The molecule has 10 heteroatoms. The van der Waals surface area contributed by atoms with Crippen molar-refractivity contribution in [2.75, 3.05) is 0 Å². The molecule has 0 amide bonds. The van der Waals surface area contributed by atoms with E-state index >= 15 is 0 Å². The lowest BCUT2D eigenvalue weighted by atomic mass is 9.88. The quantitative estimate of drug-likeness (QED) is 0.0896. The summed E-state index contributed by atoms with van der Waals surface area (Å²) < 4.78 is 28.0. The monoisotopic (exact) mass is 750 g/mol. The van der Waals surface area contributed by atoms with Crippen molar-refractivity contribution in [1.82, 2.24) is 0 Å². The molecule has 0 bridgehead atoms. The SMILES string of the molecule is CCCCCCc1cc(-c2ccc(B3OC(C)(C)C(C)(C)O3)s2)sc1-c1sc(-c2ccc(B3OC(C)(C)C(C)(C)O3)s2)cc1CCCCCC. The zero-order valence-electron chi connectivity index (χ0n) is 32.0. The predicted molar refractivity (Wildman–Crippen MR) is 221 cm³/mol.